The highest BCUT2D eigenvalue weighted by molar-refractivity contribution is 5.60. The van der Waals surface area contributed by atoms with E-state index in [1.807, 2.05) is 25.1 Å². The number of aromatic nitrogens is 1. The van der Waals surface area contributed by atoms with Gasteiger partial charge in [0.15, 0.2) is 0 Å². The van der Waals surface area contributed by atoms with Crippen LogP contribution in [0.2, 0.25) is 0 Å². The van der Waals surface area contributed by atoms with Gasteiger partial charge in [-0.25, -0.2) is 0 Å². The third-order valence-corrected chi connectivity index (χ3v) is 3.85. The van der Waals surface area contributed by atoms with Crippen molar-refractivity contribution in [1.29, 1.82) is 5.26 Å². The van der Waals surface area contributed by atoms with Gasteiger partial charge in [0.1, 0.15) is 6.07 Å². The smallest absolute Gasteiger partial charge is 0.102 e. The summed E-state index contributed by atoms with van der Waals surface area (Å²) in [5, 5.41) is 12.6. The van der Waals surface area contributed by atoms with Crippen molar-refractivity contribution in [3.8, 4) is 6.07 Å². The molecule has 3 nitrogen and oxygen atoms in total. The zero-order valence-corrected chi connectivity index (χ0v) is 12.6. The molecule has 0 saturated carbocycles. The van der Waals surface area contributed by atoms with Crippen molar-refractivity contribution < 1.29 is 0 Å². The van der Waals surface area contributed by atoms with Gasteiger partial charge in [0.05, 0.1) is 11.3 Å². The van der Waals surface area contributed by atoms with Gasteiger partial charge in [-0.2, -0.15) is 5.26 Å². The first-order valence-electron chi connectivity index (χ1n) is 6.97. The molecule has 0 saturated heterocycles. The van der Waals surface area contributed by atoms with Gasteiger partial charge in [0.25, 0.3) is 0 Å². The molecule has 0 spiro atoms. The molecule has 0 bridgehead atoms. The minimum absolute atomic E-state index is 0.733. The normalized spacial score (nSPS) is 10.3. The molecule has 0 atom stereocenters. The fraction of sp³-hybridized carbons (Fsp3) is 0.353. The maximum atomic E-state index is 9.24. The van der Waals surface area contributed by atoms with Gasteiger partial charge in [-0.3, -0.25) is 0 Å². The number of nitrogens with one attached hydrogen (secondary N) is 1. The van der Waals surface area contributed by atoms with Crippen molar-refractivity contribution in [2.24, 2.45) is 0 Å². The molecular weight excluding hydrogens is 246 g/mol. The maximum absolute atomic E-state index is 9.24. The molecule has 0 unspecified atom stereocenters. The fourth-order valence-electron chi connectivity index (χ4n) is 2.69. The molecule has 2 rings (SSSR count). The third-order valence-electron chi connectivity index (χ3n) is 3.85. The van der Waals surface area contributed by atoms with E-state index in [0.717, 1.165) is 29.9 Å². The highest BCUT2D eigenvalue weighted by Gasteiger charge is 2.09. The van der Waals surface area contributed by atoms with Gasteiger partial charge >= 0.3 is 0 Å². The molecule has 1 aromatic heterocycles. The Morgan fingerprint density at radius 3 is 2.60 bits per heavy atom. The van der Waals surface area contributed by atoms with Crippen LogP contribution in [0.5, 0.6) is 0 Å². The van der Waals surface area contributed by atoms with Crippen molar-refractivity contribution >= 4 is 5.69 Å². The number of rotatable bonds is 4. The van der Waals surface area contributed by atoms with E-state index >= 15 is 0 Å². The molecule has 0 aliphatic rings. The lowest BCUT2D eigenvalue weighted by atomic mass is 10.1. The van der Waals surface area contributed by atoms with E-state index in [4.69, 9.17) is 0 Å². The lowest BCUT2D eigenvalue weighted by Gasteiger charge is -2.10. The molecule has 1 N–H and O–H groups in total. The SMILES string of the molecule is CCn1c(C)cc(CNc2cccc(C)c2C#N)c1C. The number of nitrogens with zero attached hydrogens (tertiary/aromatic N) is 2. The Hall–Kier alpha value is -2.21. The first-order valence-corrected chi connectivity index (χ1v) is 6.97. The summed E-state index contributed by atoms with van der Waals surface area (Å²) in [6.07, 6.45) is 0. The molecule has 0 aliphatic carbocycles. The minimum Gasteiger partial charge on any atom is -0.380 e. The van der Waals surface area contributed by atoms with Gasteiger partial charge in [0, 0.05) is 24.5 Å². The van der Waals surface area contributed by atoms with Crippen molar-refractivity contribution in [1.82, 2.24) is 4.57 Å². The Morgan fingerprint density at radius 1 is 1.25 bits per heavy atom. The lowest BCUT2D eigenvalue weighted by Crippen LogP contribution is -2.04. The highest BCUT2D eigenvalue weighted by Crippen LogP contribution is 2.21. The van der Waals surface area contributed by atoms with E-state index in [2.05, 4.69) is 42.8 Å². The van der Waals surface area contributed by atoms with Crippen LogP contribution in [-0.2, 0) is 13.1 Å². The van der Waals surface area contributed by atoms with Crippen molar-refractivity contribution in [2.45, 2.75) is 40.8 Å². The fourth-order valence-corrected chi connectivity index (χ4v) is 2.69. The number of aryl methyl sites for hydroxylation is 2. The average molecular weight is 267 g/mol. The molecule has 0 radical (unpaired) electrons. The first-order chi connectivity index (χ1) is 9.58. The number of anilines is 1. The Bertz CT molecular complexity index is 660. The molecule has 0 amide bonds. The van der Waals surface area contributed by atoms with Crippen LogP contribution < -0.4 is 5.32 Å². The van der Waals surface area contributed by atoms with Crippen molar-refractivity contribution in [3.05, 3.63) is 52.3 Å². The Labute approximate surface area is 120 Å². The van der Waals surface area contributed by atoms with E-state index in [-0.39, 0.29) is 0 Å². The van der Waals surface area contributed by atoms with Gasteiger partial charge in [-0.05, 0) is 51.0 Å². The average Bonchev–Trinajstić information content (AvgIpc) is 2.70. The molecule has 0 fully saturated rings. The topological polar surface area (TPSA) is 40.8 Å². The summed E-state index contributed by atoms with van der Waals surface area (Å²) in [5.74, 6) is 0. The molecular formula is C17H21N3. The zero-order valence-electron chi connectivity index (χ0n) is 12.6. The van der Waals surface area contributed by atoms with E-state index in [0.29, 0.717) is 0 Å². The van der Waals surface area contributed by atoms with E-state index < -0.39 is 0 Å². The van der Waals surface area contributed by atoms with Crippen LogP contribution in [0.25, 0.3) is 0 Å². The van der Waals surface area contributed by atoms with E-state index in [1.54, 1.807) is 0 Å². The lowest BCUT2D eigenvalue weighted by molar-refractivity contribution is 0.715. The van der Waals surface area contributed by atoms with E-state index in [9.17, 15) is 5.26 Å². The van der Waals surface area contributed by atoms with Gasteiger partial charge in [-0.15, -0.1) is 0 Å². The van der Waals surface area contributed by atoms with Crippen LogP contribution in [-0.4, -0.2) is 4.57 Å². The molecule has 2 aromatic rings. The van der Waals surface area contributed by atoms with Crippen LogP contribution >= 0.6 is 0 Å². The predicted molar refractivity (Wildman–Crippen MR) is 82.8 cm³/mol. The summed E-state index contributed by atoms with van der Waals surface area (Å²) >= 11 is 0. The van der Waals surface area contributed by atoms with Gasteiger partial charge < -0.3 is 9.88 Å². The molecule has 1 heterocycles. The molecule has 20 heavy (non-hydrogen) atoms. The monoisotopic (exact) mass is 267 g/mol. The van der Waals surface area contributed by atoms with Gasteiger partial charge in [-0.1, -0.05) is 12.1 Å². The summed E-state index contributed by atoms with van der Waals surface area (Å²) in [4.78, 5) is 0. The highest BCUT2D eigenvalue weighted by atomic mass is 15.0. The van der Waals surface area contributed by atoms with Crippen LogP contribution in [0.4, 0.5) is 5.69 Å². The van der Waals surface area contributed by atoms with Gasteiger partial charge in [0.2, 0.25) is 0 Å². The van der Waals surface area contributed by atoms with Crippen molar-refractivity contribution in [2.75, 3.05) is 5.32 Å². The summed E-state index contributed by atoms with van der Waals surface area (Å²) in [6.45, 7) is 10.1. The summed E-state index contributed by atoms with van der Waals surface area (Å²) < 4.78 is 2.30. The molecule has 3 heteroatoms. The molecule has 1 aromatic carbocycles. The Balaban J connectivity index is 2.22. The quantitative estimate of drug-likeness (QED) is 0.912. The molecule has 104 valence electrons. The Morgan fingerprint density at radius 2 is 2.00 bits per heavy atom. The van der Waals surface area contributed by atoms with Crippen LogP contribution in [0.3, 0.4) is 0 Å². The van der Waals surface area contributed by atoms with Crippen LogP contribution in [0.15, 0.2) is 24.3 Å². The number of hydrogen-bond donors (Lipinski definition) is 1. The third kappa shape index (κ3) is 2.55. The maximum Gasteiger partial charge on any atom is 0.102 e. The second-order valence-electron chi connectivity index (χ2n) is 5.10. The first kappa shape index (κ1) is 14.2. The predicted octanol–water partition coefficient (Wildman–Crippen LogP) is 3.92. The van der Waals surface area contributed by atoms with Crippen molar-refractivity contribution in [3.63, 3.8) is 0 Å². The van der Waals surface area contributed by atoms with Crippen LogP contribution in [0.1, 0.15) is 35.0 Å². The summed E-state index contributed by atoms with van der Waals surface area (Å²) in [5.41, 5.74) is 6.52. The second kappa shape index (κ2) is 5.83. The Kier molecular flexibility index (Phi) is 4.14. The minimum atomic E-state index is 0.733. The summed E-state index contributed by atoms with van der Waals surface area (Å²) in [6, 6.07) is 10.4. The second-order valence-corrected chi connectivity index (χ2v) is 5.10. The standard InChI is InChI=1S/C17H21N3/c1-5-20-13(3)9-15(14(20)4)11-19-17-8-6-7-12(2)16(17)10-18/h6-9,19H,5,11H2,1-4H3. The largest absolute Gasteiger partial charge is 0.380 e. The van der Waals surface area contributed by atoms with Crippen LogP contribution in [0, 0.1) is 32.1 Å². The van der Waals surface area contributed by atoms with E-state index in [1.165, 1.54) is 17.0 Å². The number of nitriles is 1. The zero-order chi connectivity index (χ0) is 14.7. The number of hydrogen-bond acceptors (Lipinski definition) is 2. The summed E-state index contributed by atoms with van der Waals surface area (Å²) in [7, 11) is 0. The number of benzene rings is 1. The molecule has 0 aliphatic heterocycles.